The van der Waals surface area contributed by atoms with E-state index in [1.54, 1.807) is 6.07 Å². The summed E-state index contributed by atoms with van der Waals surface area (Å²) in [6.07, 6.45) is 11.1. The zero-order valence-electron chi connectivity index (χ0n) is 13.3. The second-order valence-electron chi connectivity index (χ2n) is 6.24. The molecule has 0 unspecified atom stereocenters. The lowest BCUT2D eigenvalue weighted by molar-refractivity contribution is 0.375. The van der Waals surface area contributed by atoms with Crippen LogP contribution in [-0.4, -0.2) is 4.98 Å². The molecule has 0 amide bonds. The maximum atomic E-state index is 13.3. The fourth-order valence-electron chi connectivity index (χ4n) is 3.39. The van der Waals surface area contributed by atoms with Crippen molar-refractivity contribution < 1.29 is 8.78 Å². The highest BCUT2D eigenvalue weighted by molar-refractivity contribution is 5.59. The third-order valence-electron chi connectivity index (χ3n) is 4.71. The Morgan fingerprint density at radius 3 is 2.39 bits per heavy atom. The summed E-state index contributed by atoms with van der Waals surface area (Å²) in [7, 11) is 0. The predicted molar refractivity (Wildman–Crippen MR) is 89.1 cm³/mol. The maximum absolute atomic E-state index is 13.3. The first-order valence-corrected chi connectivity index (χ1v) is 8.21. The first-order valence-electron chi connectivity index (χ1n) is 8.21. The zero-order chi connectivity index (χ0) is 16.2. The van der Waals surface area contributed by atoms with Gasteiger partial charge in [0.05, 0.1) is 5.69 Å². The Kier molecular flexibility index (Phi) is 4.85. The van der Waals surface area contributed by atoms with Gasteiger partial charge < -0.3 is 0 Å². The third-order valence-corrected chi connectivity index (χ3v) is 4.71. The third kappa shape index (κ3) is 3.66. The van der Waals surface area contributed by atoms with E-state index in [9.17, 15) is 8.78 Å². The van der Waals surface area contributed by atoms with Crippen LogP contribution in [0, 0.1) is 17.6 Å². The molecule has 3 heteroatoms. The van der Waals surface area contributed by atoms with E-state index in [4.69, 9.17) is 0 Å². The second kappa shape index (κ2) is 7.03. The quantitative estimate of drug-likeness (QED) is 0.645. The minimum atomic E-state index is -0.837. The second-order valence-corrected chi connectivity index (χ2v) is 6.24. The van der Waals surface area contributed by atoms with Gasteiger partial charge in [0.1, 0.15) is 0 Å². The molecule has 1 aliphatic carbocycles. The number of nitrogens with zero attached hydrogens (tertiary/aromatic N) is 1. The van der Waals surface area contributed by atoms with E-state index in [0.717, 1.165) is 6.07 Å². The number of halogens is 2. The molecule has 1 nitrogen and oxygen atoms in total. The van der Waals surface area contributed by atoms with Crippen LogP contribution in [0.5, 0.6) is 0 Å². The highest BCUT2D eigenvalue weighted by Crippen LogP contribution is 2.36. The first-order chi connectivity index (χ1) is 11.2. The molecule has 2 aromatic rings. The van der Waals surface area contributed by atoms with Gasteiger partial charge in [-0.25, -0.2) is 8.78 Å². The highest BCUT2D eigenvalue weighted by Gasteiger charge is 2.21. The molecular weight excluding hydrogens is 292 g/mol. The number of aromatic nitrogens is 1. The monoisotopic (exact) mass is 313 g/mol. The largest absolute Gasteiger partial charge is 0.256 e. The maximum Gasteiger partial charge on any atom is 0.159 e. The van der Waals surface area contributed by atoms with Crippen molar-refractivity contribution in [1.82, 2.24) is 4.98 Å². The summed E-state index contributed by atoms with van der Waals surface area (Å²) in [5, 5.41) is 0. The summed E-state index contributed by atoms with van der Waals surface area (Å²) in [5.74, 6) is -0.396. The molecule has 3 rings (SSSR count). The minimum absolute atomic E-state index is 0.558. The Morgan fingerprint density at radius 1 is 1.00 bits per heavy atom. The summed E-state index contributed by atoms with van der Waals surface area (Å²) < 4.78 is 26.3. The first kappa shape index (κ1) is 15.9. The molecule has 1 heterocycles. The Labute approximate surface area is 136 Å². The fraction of sp³-hybridized carbons (Fsp3) is 0.350. The van der Waals surface area contributed by atoms with Gasteiger partial charge in [0.25, 0.3) is 0 Å². The molecule has 0 bridgehead atoms. The van der Waals surface area contributed by atoms with E-state index in [1.807, 2.05) is 12.3 Å². The van der Waals surface area contributed by atoms with Gasteiger partial charge in [0.15, 0.2) is 11.6 Å². The average Bonchev–Trinajstić information content (AvgIpc) is 2.59. The summed E-state index contributed by atoms with van der Waals surface area (Å²) in [5.41, 5.74) is 2.53. The van der Waals surface area contributed by atoms with Crippen molar-refractivity contribution in [2.75, 3.05) is 0 Å². The minimum Gasteiger partial charge on any atom is -0.256 e. The van der Waals surface area contributed by atoms with E-state index in [2.05, 4.69) is 30.1 Å². The number of hydrogen-bond donors (Lipinski definition) is 0. The van der Waals surface area contributed by atoms with Crippen LogP contribution in [0.15, 0.2) is 48.7 Å². The molecule has 0 spiro atoms. The summed E-state index contributed by atoms with van der Waals surface area (Å²) in [6, 6.07) is 7.87. The van der Waals surface area contributed by atoms with Gasteiger partial charge in [-0.3, -0.25) is 4.98 Å². The standard InChI is InChI=1S/C20H21F2N/c1-2-3-14-4-6-15(7-5-14)17-9-11-20(23-13-17)16-8-10-18(21)19(22)12-16/h2-3,8-15H,4-7H2,1H3/b3-2+. The Bertz CT molecular complexity index is 683. The lowest BCUT2D eigenvalue weighted by Crippen LogP contribution is -2.11. The van der Waals surface area contributed by atoms with Crippen molar-refractivity contribution >= 4 is 0 Å². The van der Waals surface area contributed by atoms with E-state index in [0.29, 0.717) is 23.1 Å². The number of hydrogen-bond acceptors (Lipinski definition) is 1. The Morgan fingerprint density at radius 2 is 1.78 bits per heavy atom. The molecule has 0 radical (unpaired) electrons. The molecule has 120 valence electrons. The van der Waals surface area contributed by atoms with Crippen molar-refractivity contribution in [3.63, 3.8) is 0 Å². The van der Waals surface area contributed by atoms with Crippen LogP contribution >= 0.6 is 0 Å². The molecule has 0 saturated heterocycles. The van der Waals surface area contributed by atoms with Crippen LogP contribution in [0.2, 0.25) is 0 Å². The van der Waals surface area contributed by atoms with Gasteiger partial charge in [0, 0.05) is 11.8 Å². The van der Waals surface area contributed by atoms with E-state index in [-0.39, 0.29) is 0 Å². The number of pyridine rings is 1. The van der Waals surface area contributed by atoms with E-state index in [1.165, 1.54) is 37.3 Å². The predicted octanol–water partition coefficient (Wildman–Crippen LogP) is 5.88. The van der Waals surface area contributed by atoms with Gasteiger partial charge in [0.2, 0.25) is 0 Å². The molecule has 1 aromatic carbocycles. The molecule has 1 saturated carbocycles. The van der Waals surface area contributed by atoms with Crippen molar-refractivity contribution in [2.45, 2.75) is 38.5 Å². The SMILES string of the molecule is C/C=C/C1CCC(c2ccc(-c3ccc(F)c(F)c3)nc2)CC1. The molecular formula is C20H21F2N. The van der Waals surface area contributed by atoms with Gasteiger partial charge in [-0.15, -0.1) is 0 Å². The van der Waals surface area contributed by atoms with Gasteiger partial charge in [-0.05, 0) is 74.3 Å². The van der Waals surface area contributed by atoms with Crippen molar-refractivity contribution in [1.29, 1.82) is 0 Å². The van der Waals surface area contributed by atoms with Crippen LogP contribution in [-0.2, 0) is 0 Å². The van der Waals surface area contributed by atoms with Gasteiger partial charge in [-0.2, -0.15) is 0 Å². The number of allylic oxidation sites excluding steroid dienone is 2. The summed E-state index contributed by atoms with van der Waals surface area (Å²) in [6.45, 7) is 2.08. The Balaban J connectivity index is 1.71. The summed E-state index contributed by atoms with van der Waals surface area (Å²) >= 11 is 0. The van der Waals surface area contributed by atoms with Crippen LogP contribution in [0.3, 0.4) is 0 Å². The van der Waals surface area contributed by atoms with Gasteiger partial charge >= 0.3 is 0 Å². The zero-order valence-corrected chi connectivity index (χ0v) is 13.3. The molecule has 1 aromatic heterocycles. The lowest BCUT2D eigenvalue weighted by Gasteiger charge is -2.26. The molecule has 23 heavy (non-hydrogen) atoms. The van der Waals surface area contributed by atoms with E-state index < -0.39 is 11.6 Å². The fourth-order valence-corrected chi connectivity index (χ4v) is 3.39. The van der Waals surface area contributed by atoms with Crippen molar-refractivity contribution in [3.05, 3.63) is 65.9 Å². The summed E-state index contributed by atoms with van der Waals surface area (Å²) in [4.78, 5) is 4.45. The Hall–Kier alpha value is -2.03. The average molecular weight is 313 g/mol. The van der Waals surface area contributed by atoms with Crippen LogP contribution in [0.1, 0.15) is 44.1 Å². The topological polar surface area (TPSA) is 12.9 Å². The number of benzene rings is 1. The lowest BCUT2D eigenvalue weighted by atomic mass is 9.79. The highest BCUT2D eigenvalue weighted by atomic mass is 19.2. The normalized spacial score (nSPS) is 21.7. The molecule has 0 aliphatic heterocycles. The van der Waals surface area contributed by atoms with E-state index >= 15 is 0 Å². The van der Waals surface area contributed by atoms with Crippen molar-refractivity contribution in [3.8, 4) is 11.3 Å². The van der Waals surface area contributed by atoms with Crippen molar-refractivity contribution in [2.24, 2.45) is 5.92 Å². The van der Waals surface area contributed by atoms with Crippen LogP contribution in [0.25, 0.3) is 11.3 Å². The van der Waals surface area contributed by atoms with Crippen LogP contribution < -0.4 is 0 Å². The smallest absolute Gasteiger partial charge is 0.159 e. The van der Waals surface area contributed by atoms with Gasteiger partial charge in [-0.1, -0.05) is 18.2 Å². The molecule has 0 N–H and O–H groups in total. The molecule has 0 atom stereocenters. The van der Waals surface area contributed by atoms with Crippen LogP contribution in [0.4, 0.5) is 8.78 Å². The number of rotatable bonds is 3. The molecule has 1 aliphatic rings. The molecule has 1 fully saturated rings.